The molecule has 4 heteroatoms. The number of hydrogen-bond acceptors (Lipinski definition) is 2. The molecular formula is C9H10ClFN2. The zero-order valence-electron chi connectivity index (χ0n) is 7.00. The van der Waals surface area contributed by atoms with Crippen LogP contribution in [0.4, 0.5) is 4.39 Å². The molecule has 70 valence electrons. The van der Waals surface area contributed by atoms with Crippen molar-refractivity contribution in [2.24, 2.45) is 5.73 Å². The minimum absolute atomic E-state index is 0.101. The molecular weight excluding hydrogens is 191 g/mol. The molecule has 0 atom stereocenters. The SMILES string of the molecule is NCCC=Cc1cnc(Cl)c(F)c1. The van der Waals surface area contributed by atoms with E-state index in [9.17, 15) is 4.39 Å². The normalized spacial score (nSPS) is 11.0. The van der Waals surface area contributed by atoms with E-state index in [2.05, 4.69) is 4.98 Å². The molecule has 0 bridgehead atoms. The molecule has 1 aromatic heterocycles. The highest BCUT2D eigenvalue weighted by molar-refractivity contribution is 6.29. The summed E-state index contributed by atoms with van der Waals surface area (Å²) in [6.45, 7) is 0.583. The number of halogens is 2. The van der Waals surface area contributed by atoms with E-state index in [0.717, 1.165) is 6.42 Å². The van der Waals surface area contributed by atoms with E-state index in [4.69, 9.17) is 17.3 Å². The van der Waals surface area contributed by atoms with Crippen molar-refractivity contribution in [1.29, 1.82) is 0 Å². The molecule has 0 radical (unpaired) electrons. The summed E-state index contributed by atoms with van der Waals surface area (Å²) in [6.07, 6.45) is 5.91. The van der Waals surface area contributed by atoms with Crippen LogP contribution in [-0.4, -0.2) is 11.5 Å². The monoisotopic (exact) mass is 200 g/mol. The van der Waals surface area contributed by atoms with Gasteiger partial charge in [0.15, 0.2) is 11.0 Å². The van der Waals surface area contributed by atoms with Crippen molar-refractivity contribution in [3.05, 3.63) is 34.9 Å². The third-order valence-electron chi connectivity index (χ3n) is 1.46. The molecule has 1 heterocycles. The number of nitrogens with two attached hydrogens (primary N) is 1. The lowest BCUT2D eigenvalue weighted by molar-refractivity contribution is 0.621. The van der Waals surface area contributed by atoms with Gasteiger partial charge in [-0.15, -0.1) is 0 Å². The van der Waals surface area contributed by atoms with Crippen molar-refractivity contribution in [2.45, 2.75) is 6.42 Å². The number of pyridine rings is 1. The van der Waals surface area contributed by atoms with Gasteiger partial charge in [-0.1, -0.05) is 23.8 Å². The molecule has 0 saturated heterocycles. The van der Waals surface area contributed by atoms with Crippen LogP contribution >= 0.6 is 11.6 Å². The van der Waals surface area contributed by atoms with E-state index in [1.54, 1.807) is 6.08 Å². The van der Waals surface area contributed by atoms with Gasteiger partial charge in [-0.2, -0.15) is 0 Å². The maximum Gasteiger partial charge on any atom is 0.164 e. The molecule has 2 nitrogen and oxygen atoms in total. The van der Waals surface area contributed by atoms with Crippen molar-refractivity contribution >= 4 is 17.7 Å². The summed E-state index contributed by atoms with van der Waals surface area (Å²) in [5.74, 6) is -0.503. The van der Waals surface area contributed by atoms with Crippen LogP contribution < -0.4 is 5.73 Å². The van der Waals surface area contributed by atoms with Gasteiger partial charge in [0.2, 0.25) is 0 Å². The lowest BCUT2D eigenvalue weighted by Crippen LogP contribution is -1.95. The first kappa shape index (κ1) is 10.2. The third kappa shape index (κ3) is 3.13. The minimum Gasteiger partial charge on any atom is -0.330 e. The minimum atomic E-state index is -0.503. The summed E-state index contributed by atoms with van der Waals surface area (Å²) in [4.78, 5) is 3.67. The highest BCUT2D eigenvalue weighted by atomic mass is 35.5. The van der Waals surface area contributed by atoms with Gasteiger partial charge in [-0.3, -0.25) is 0 Å². The van der Waals surface area contributed by atoms with Gasteiger partial charge in [-0.05, 0) is 24.6 Å². The third-order valence-corrected chi connectivity index (χ3v) is 1.74. The van der Waals surface area contributed by atoms with E-state index < -0.39 is 5.82 Å². The fourth-order valence-electron chi connectivity index (χ4n) is 0.843. The summed E-state index contributed by atoms with van der Waals surface area (Å²) < 4.78 is 12.8. The predicted molar refractivity (Wildman–Crippen MR) is 51.9 cm³/mol. The maximum atomic E-state index is 12.8. The summed E-state index contributed by atoms with van der Waals surface area (Å²) >= 11 is 5.41. The van der Waals surface area contributed by atoms with E-state index in [0.29, 0.717) is 12.1 Å². The first-order chi connectivity index (χ1) is 6.24. The number of hydrogen-bond donors (Lipinski definition) is 1. The summed E-state index contributed by atoms with van der Waals surface area (Å²) in [5, 5.41) is -0.101. The predicted octanol–water partition coefficient (Wildman–Crippen LogP) is 2.24. The van der Waals surface area contributed by atoms with E-state index in [-0.39, 0.29) is 5.15 Å². The Hall–Kier alpha value is -0.930. The molecule has 0 amide bonds. The van der Waals surface area contributed by atoms with Crippen LogP contribution in [0.1, 0.15) is 12.0 Å². The standard InChI is InChI=1S/C9H10ClFN2/c10-9-8(11)5-7(6-13-9)3-1-2-4-12/h1,3,5-6H,2,4,12H2. The number of aromatic nitrogens is 1. The van der Waals surface area contributed by atoms with Crippen LogP contribution in [0, 0.1) is 5.82 Å². The summed E-state index contributed by atoms with van der Waals surface area (Å²) in [5.41, 5.74) is 5.97. The Balaban J connectivity index is 2.73. The van der Waals surface area contributed by atoms with Gasteiger partial charge in [0.05, 0.1) is 0 Å². The van der Waals surface area contributed by atoms with Crippen molar-refractivity contribution in [3.63, 3.8) is 0 Å². The van der Waals surface area contributed by atoms with Gasteiger partial charge < -0.3 is 5.73 Å². The van der Waals surface area contributed by atoms with Gasteiger partial charge in [0, 0.05) is 6.20 Å². The zero-order valence-corrected chi connectivity index (χ0v) is 7.76. The van der Waals surface area contributed by atoms with Crippen LogP contribution in [0.5, 0.6) is 0 Å². The molecule has 1 aromatic rings. The van der Waals surface area contributed by atoms with Gasteiger partial charge >= 0.3 is 0 Å². The molecule has 1 rings (SSSR count). The molecule has 2 N–H and O–H groups in total. The lowest BCUT2D eigenvalue weighted by atomic mass is 10.2. The first-order valence-electron chi connectivity index (χ1n) is 3.91. The lowest BCUT2D eigenvalue weighted by Gasteiger charge is -1.95. The number of nitrogens with zero attached hydrogens (tertiary/aromatic N) is 1. The van der Waals surface area contributed by atoms with Crippen LogP contribution in [0.2, 0.25) is 5.15 Å². The molecule has 13 heavy (non-hydrogen) atoms. The van der Waals surface area contributed by atoms with Crippen molar-refractivity contribution in [2.75, 3.05) is 6.54 Å². The number of rotatable bonds is 3. The molecule has 0 aliphatic carbocycles. The van der Waals surface area contributed by atoms with E-state index >= 15 is 0 Å². The fourth-order valence-corrected chi connectivity index (χ4v) is 0.946. The Morgan fingerprint density at radius 3 is 3.00 bits per heavy atom. The second-order valence-corrected chi connectivity index (χ2v) is 2.88. The van der Waals surface area contributed by atoms with E-state index in [1.807, 2.05) is 6.08 Å². The van der Waals surface area contributed by atoms with Crippen LogP contribution in [0.25, 0.3) is 6.08 Å². The maximum absolute atomic E-state index is 12.8. The Bertz CT molecular complexity index is 312. The van der Waals surface area contributed by atoms with Crippen molar-refractivity contribution in [3.8, 4) is 0 Å². The summed E-state index contributed by atoms with van der Waals surface area (Å²) in [7, 11) is 0. The van der Waals surface area contributed by atoms with E-state index in [1.165, 1.54) is 12.3 Å². The average Bonchev–Trinajstić information content (AvgIpc) is 2.12. The van der Waals surface area contributed by atoms with Crippen LogP contribution in [-0.2, 0) is 0 Å². The zero-order chi connectivity index (χ0) is 9.68. The molecule has 0 unspecified atom stereocenters. The van der Waals surface area contributed by atoms with Crippen molar-refractivity contribution in [1.82, 2.24) is 4.98 Å². The second-order valence-electron chi connectivity index (χ2n) is 2.52. The second kappa shape index (κ2) is 4.94. The summed E-state index contributed by atoms with van der Waals surface area (Å²) in [6, 6.07) is 1.34. The Kier molecular flexibility index (Phi) is 3.86. The van der Waals surface area contributed by atoms with Gasteiger partial charge in [-0.25, -0.2) is 9.37 Å². The smallest absolute Gasteiger partial charge is 0.164 e. The first-order valence-corrected chi connectivity index (χ1v) is 4.29. The average molecular weight is 201 g/mol. The molecule has 0 spiro atoms. The molecule has 0 saturated carbocycles. The topological polar surface area (TPSA) is 38.9 Å². The van der Waals surface area contributed by atoms with Crippen LogP contribution in [0.15, 0.2) is 18.3 Å². The molecule has 0 aliphatic rings. The quantitative estimate of drug-likeness (QED) is 0.760. The van der Waals surface area contributed by atoms with Crippen molar-refractivity contribution < 1.29 is 4.39 Å². The van der Waals surface area contributed by atoms with Gasteiger partial charge in [0.1, 0.15) is 0 Å². The Morgan fingerprint density at radius 2 is 2.38 bits per heavy atom. The highest BCUT2D eigenvalue weighted by Crippen LogP contribution is 2.12. The highest BCUT2D eigenvalue weighted by Gasteiger charge is 1.99. The molecule has 0 fully saturated rings. The Morgan fingerprint density at radius 1 is 1.62 bits per heavy atom. The van der Waals surface area contributed by atoms with Crippen LogP contribution in [0.3, 0.4) is 0 Å². The molecule has 0 aromatic carbocycles. The van der Waals surface area contributed by atoms with Gasteiger partial charge in [0.25, 0.3) is 0 Å². The Labute approximate surface area is 81.2 Å². The molecule has 0 aliphatic heterocycles. The largest absolute Gasteiger partial charge is 0.330 e. The fraction of sp³-hybridized carbons (Fsp3) is 0.222.